The zero-order valence-electron chi connectivity index (χ0n) is 13.3. The lowest BCUT2D eigenvalue weighted by atomic mass is 10.1. The van der Waals surface area contributed by atoms with Crippen molar-refractivity contribution in [3.05, 3.63) is 29.3 Å². The Morgan fingerprint density at radius 2 is 2.10 bits per heavy atom. The van der Waals surface area contributed by atoms with Crippen LogP contribution in [-0.2, 0) is 27.2 Å². The molecule has 0 aliphatic rings. The molecule has 118 valence electrons. The van der Waals surface area contributed by atoms with E-state index in [1.165, 1.54) is 0 Å². The fourth-order valence-corrected chi connectivity index (χ4v) is 1.84. The Labute approximate surface area is 126 Å². The summed E-state index contributed by atoms with van der Waals surface area (Å²) in [6.07, 6.45) is 0.848. The molecule has 0 aliphatic carbocycles. The highest BCUT2D eigenvalue weighted by molar-refractivity contribution is 5.71. The molecule has 0 spiro atoms. The highest BCUT2D eigenvalue weighted by atomic mass is 16.6. The third-order valence-corrected chi connectivity index (χ3v) is 3.10. The van der Waals surface area contributed by atoms with Gasteiger partial charge in [0.2, 0.25) is 0 Å². The largest absolute Gasteiger partial charge is 0.482 e. The molecule has 1 aromatic rings. The maximum atomic E-state index is 11.3. The molecular formula is C16H25NO4. The van der Waals surface area contributed by atoms with Gasteiger partial charge in [0.15, 0.2) is 6.61 Å². The number of nitrogens with one attached hydrogen (secondary N) is 1. The van der Waals surface area contributed by atoms with Crippen molar-refractivity contribution < 1.29 is 19.0 Å². The monoisotopic (exact) mass is 295 g/mol. The van der Waals surface area contributed by atoms with Crippen LogP contribution in [0.1, 0.15) is 31.9 Å². The van der Waals surface area contributed by atoms with Crippen LogP contribution >= 0.6 is 0 Å². The molecule has 0 bridgehead atoms. The molecule has 0 saturated heterocycles. The van der Waals surface area contributed by atoms with Crippen LogP contribution in [0.2, 0.25) is 0 Å². The second-order valence-corrected chi connectivity index (χ2v) is 4.65. The third kappa shape index (κ3) is 6.14. The smallest absolute Gasteiger partial charge is 0.344 e. The summed E-state index contributed by atoms with van der Waals surface area (Å²) in [4.78, 5) is 11.3. The van der Waals surface area contributed by atoms with Crippen molar-refractivity contribution in [2.45, 2.75) is 40.0 Å². The molecule has 1 atom stereocenters. The Hall–Kier alpha value is -1.59. The predicted octanol–water partition coefficient (Wildman–Crippen LogP) is 2.27. The number of hydrogen-bond acceptors (Lipinski definition) is 5. The number of hydrogen-bond donors (Lipinski definition) is 1. The van der Waals surface area contributed by atoms with Crippen molar-refractivity contribution in [1.29, 1.82) is 0 Å². The first kappa shape index (κ1) is 17.5. The summed E-state index contributed by atoms with van der Waals surface area (Å²) in [5, 5.41) is 3.25. The van der Waals surface area contributed by atoms with Crippen LogP contribution in [-0.4, -0.2) is 32.5 Å². The highest BCUT2D eigenvalue weighted by Crippen LogP contribution is 2.21. The van der Waals surface area contributed by atoms with E-state index in [4.69, 9.17) is 14.2 Å². The van der Waals surface area contributed by atoms with Gasteiger partial charge in [-0.3, -0.25) is 5.32 Å². The Morgan fingerprint density at radius 1 is 1.33 bits per heavy atom. The van der Waals surface area contributed by atoms with Crippen molar-refractivity contribution in [1.82, 2.24) is 5.32 Å². The van der Waals surface area contributed by atoms with Gasteiger partial charge in [0.05, 0.1) is 6.61 Å². The lowest BCUT2D eigenvalue weighted by Gasteiger charge is -2.14. The second-order valence-electron chi connectivity index (χ2n) is 4.65. The molecule has 0 saturated carbocycles. The molecule has 1 unspecified atom stereocenters. The summed E-state index contributed by atoms with van der Waals surface area (Å²) in [5.74, 6) is 0.383. The molecule has 5 heteroatoms. The highest BCUT2D eigenvalue weighted by Gasteiger charge is 2.08. The molecule has 0 heterocycles. The van der Waals surface area contributed by atoms with E-state index in [0.29, 0.717) is 6.61 Å². The summed E-state index contributed by atoms with van der Waals surface area (Å²) < 4.78 is 15.5. The molecule has 1 aromatic carbocycles. The van der Waals surface area contributed by atoms with Crippen molar-refractivity contribution in [3.63, 3.8) is 0 Å². The first-order valence-electron chi connectivity index (χ1n) is 7.27. The van der Waals surface area contributed by atoms with Crippen LogP contribution in [0.5, 0.6) is 5.75 Å². The van der Waals surface area contributed by atoms with E-state index in [2.05, 4.69) is 18.3 Å². The van der Waals surface area contributed by atoms with E-state index in [9.17, 15) is 4.79 Å². The molecule has 0 aromatic heterocycles. The number of methoxy groups -OCH3 is 1. The van der Waals surface area contributed by atoms with Gasteiger partial charge >= 0.3 is 5.97 Å². The Bertz CT molecular complexity index is 448. The van der Waals surface area contributed by atoms with Crippen LogP contribution in [0.3, 0.4) is 0 Å². The van der Waals surface area contributed by atoms with Crippen LogP contribution in [0, 0.1) is 0 Å². The molecule has 1 N–H and O–H groups in total. The number of aryl methyl sites for hydroxylation is 1. The fraction of sp³-hybridized carbons (Fsp3) is 0.562. The van der Waals surface area contributed by atoms with E-state index < -0.39 is 0 Å². The summed E-state index contributed by atoms with van der Waals surface area (Å²) in [6, 6.07) is 5.96. The number of ether oxygens (including phenoxy) is 3. The topological polar surface area (TPSA) is 56.8 Å². The van der Waals surface area contributed by atoms with Crippen molar-refractivity contribution in [3.8, 4) is 5.75 Å². The van der Waals surface area contributed by atoms with Gasteiger partial charge in [0.1, 0.15) is 12.0 Å². The molecule has 21 heavy (non-hydrogen) atoms. The molecule has 0 radical (unpaired) electrons. The quantitative estimate of drug-likeness (QED) is 0.559. The van der Waals surface area contributed by atoms with E-state index >= 15 is 0 Å². The lowest BCUT2D eigenvalue weighted by molar-refractivity contribution is -0.145. The minimum absolute atomic E-state index is 0.00909. The molecule has 0 fully saturated rings. The maximum Gasteiger partial charge on any atom is 0.344 e. The number of carbonyl (C=O) groups excluding carboxylic acids is 1. The van der Waals surface area contributed by atoms with Gasteiger partial charge in [-0.2, -0.15) is 0 Å². The summed E-state index contributed by atoms with van der Waals surface area (Å²) >= 11 is 0. The van der Waals surface area contributed by atoms with Gasteiger partial charge in [0.25, 0.3) is 0 Å². The summed E-state index contributed by atoms with van der Waals surface area (Å²) in [5.41, 5.74) is 2.22. The first-order chi connectivity index (χ1) is 10.1. The van der Waals surface area contributed by atoms with E-state index in [1.807, 2.05) is 19.1 Å². The minimum Gasteiger partial charge on any atom is -0.482 e. The van der Waals surface area contributed by atoms with E-state index in [0.717, 1.165) is 29.8 Å². The van der Waals surface area contributed by atoms with Crippen LogP contribution in [0.4, 0.5) is 0 Å². The van der Waals surface area contributed by atoms with Gasteiger partial charge in [-0.1, -0.05) is 19.1 Å². The number of carbonyl (C=O) groups is 1. The molecular weight excluding hydrogens is 270 g/mol. The van der Waals surface area contributed by atoms with E-state index in [1.54, 1.807) is 14.0 Å². The fourth-order valence-electron chi connectivity index (χ4n) is 1.84. The summed E-state index contributed by atoms with van der Waals surface area (Å²) in [7, 11) is 1.67. The number of esters is 1. The SMILES string of the molecule is CCOC(=O)COc1ccc(CNC(C)OC)cc1CC. The van der Waals surface area contributed by atoms with E-state index in [-0.39, 0.29) is 18.8 Å². The van der Waals surface area contributed by atoms with Crippen molar-refractivity contribution in [2.24, 2.45) is 0 Å². The van der Waals surface area contributed by atoms with Gasteiger partial charge < -0.3 is 14.2 Å². The normalized spacial score (nSPS) is 12.0. The van der Waals surface area contributed by atoms with Gasteiger partial charge in [-0.05, 0) is 37.5 Å². The molecule has 5 nitrogen and oxygen atoms in total. The second kappa shape index (κ2) is 9.37. The van der Waals surface area contributed by atoms with Crippen molar-refractivity contribution in [2.75, 3.05) is 20.3 Å². The van der Waals surface area contributed by atoms with Crippen LogP contribution < -0.4 is 10.1 Å². The average Bonchev–Trinajstić information content (AvgIpc) is 2.51. The maximum absolute atomic E-state index is 11.3. The number of benzene rings is 1. The number of rotatable bonds is 9. The van der Waals surface area contributed by atoms with Gasteiger partial charge in [-0.25, -0.2) is 4.79 Å². The van der Waals surface area contributed by atoms with Gasteiger partial charge in [-0.15, -0.1) is 0 Å². The Balaban J connectivity index is 2.63. The van der Waals surface area contributed by atoms with Crippen LogP contribution in [0.15, 0.2) is 18.2 Å². The third-order valence-electron chi connectivity index (χ3n) is 3.10. The standard InChI is InChI=1S/C16H25NO4/c1-5-14-9-13(10-17-12(3)19-4)7-8-15(14)21-11-16(18)20-6-2/h7-9,12,17H,5-6,10-11H2,1-4H3. The average molecular weight is 295 g/mol. The lowest BCUT2D eigenvalue weighted by Crippen LogP contribution is -2.26. The zero-order chi connectivity index (χ0) is 15.7. The predicted molar refractivity (Wildman–Crippen MR) is 81.3 cm³/mol. The minimum atomic E-state index is -0.348. The van der Waals surface area contributed by atoms with Crippen LogP contribution in [0.25, 0.3) is 0 Å². The summed E-state index contributed by atoms with van der Waals surface area (Å²) in [6.45, 7) is 6.82. The first-order valence-corrected chi connectivity index (χ1v) is 7.27. The molecule has 0 aliphatic heterocycles. The molecule has 1 rings (SSSR count). The van der Waals surface area contributed by atoms with Gasteiger partial charge in [0, 0.05) is 13.7 Å². The molecule has 0 amide bonds. The van der Waals surface area contributed by atoms with Crippen molar-refractivity contribution >= 4 is 5.97 Å². The zero-order valence-corrected chi connectivity index (χ0v) is 13.3. The Kier molecular flexibility index (Phi) is 7.79. The Morgan fingerprint density at radius 3 is 2.71 bits per heavy atom.